The maximum atomic E-state index is 13.9. The van der Waals surface area contributed by atoms with E-state index < -0.39 is 0 Å². The summed E-state index contributed by atoms with van der Waals surface area (Å²) in [5, 5.41) is 8.11. The molecule has 37 heavy (non-hydrogen) atoms. The zero-order chi connectivity index (χ0) is 24.9. The van der Waals surface area contributed by atoms with Crippen molar-refractivity contribution < 1.29 is 4.79 Å². The Hall–Kier alpha value is -3.39. The summed E-state index contributed by atoms with van der Waals surface area (Å²) in [7, 11) is 0. The zero-order valence-electron chi connectivity index (χ0n) is 20.2. The number of pyridine rings is 1. The Morgan fingerprint density at radius 1 is 0.973 bits per heavy atom. The topological polar surface area (TPSA) is 54.9 Å². The first-order chi connectivity index (χ1) is 18.1. The molecule has 4 nitrogen and oxygen atoms in total. The van der Waals surface area contributed by atoms with Crippen molar-refractivity contribution in [1.82, 2.24) is 9.97 Å². The lowest BCUT2D eigenvalue weighted by atomic mass is 9.88. The lowest BCUT2D eigenvalue weighted by Crippen LogP contribution is -2.13. The SMILES string of the molecule is CC1CCc2c(sc(NC(=O)c3cc(-c4cccs4)nc4ccccc34)c2-c2nc3ccccc3s2)C1. The molecule has 0 saturated carbocycles. The maximum Gasteiger partial charge on any atom is 0.257 e. The fraction of sp³-hybridized carbons (Fsp3) is 0.167. The van der Waals surface area contributed by atoms with Gasteiger partial charge in [-0.1, -0.05) is 43.3 Å². The van der Waals surface area contributed by atoms with Gasteiger partial charge in [-0.3, -0.25) is 4.79 Å². The average molecular weight is 538 g/mol. The van der Waals surface area contributed by atoms with E-state index in [1.165, 1.54) is 15.1 Å². The minimum atomic E-state index is -0.106. The second-order valence-corrected chi connectivity index (χ2v) is 12.6. The van der Waals surface area contributed by atoms with Gasteiger partial charge in [0.05, 0.1) is 31.9 Å². The summed E-state index contributed by atoms with van der Waals surface area (Å²) in [6.45, 7) is 2.31. The van der Waals surface area contributed by atoms with Crippen molar-refractivity contribution in [2.75, 3.05) is 5.32 Å². The monoisotopic (exact) mass is 537 g/mol. The van der Waals surface area contributed by atoms with Crippen molar-refractivity contribution in [3.05, 3.63) is 88.1 Å². The highest BCUT2D eigenvalue weighted by Gasteiger charge is 2.28. The number of benzene rings is 2. The smallest absolute Gasteiger partial charge is 0.257 e. The summed E-state index contributed by atoms with van der Waals surface area (Å²) >= 11 is 5.06. The van der Waals surface area contributed by atoms with E-state index in [1.54, 1.807) is 34.0 Å². The van der Waals surface area contributed by atoms with E-state index in [4.69, 9.17) is 9.97 Å². The van der Waals surface area contributed by atoms with Crippen molar-refractivity contribution in [2.24, 2.45) is 5.92 Å². The predicted octanol–water partition coefficient (Wildman–Crippen LogP) is 8.68. The van der Waals surface area contributed by atoms with Gasteiger partial charge >= 0.3 is 0 Å². The third-order valence-electron chi connectivity index (χ3n) is 6.98. The molecule has 0 saturated heterocycles. The van der Waals surface area contributed by atoms with Gasteiger partial charge in [-0.2, -0.15) is 0 Å². The standard InChI is InChI=1S/C30H23N3OS3/c1-17-12-13-19-26(15-17)37-30(27(19)29-32-22-9-4-5-10-25(22)36-29)33-28(34)20-16-23(24-11-6-14-35-24)31-21-8-3-2-7-18(20)21/h2-11,14,16-17H,12-13,15H2,1H3,(H,33,34). The van der Waals surface area contributed by atoms with Crippen molar-refractivity contribution in [2.45, 2.75) is 26.2 Å². The van der Waals surface area contributed by atoms with E-state index in [0.717, 1.165) is 61.8 Å². The molecule has 1 unspecified atom stereocenters. The Morgan fingerprint density at radius 3 is 2.65 bits per heavy atom. The van der Waals surface area contributed by atoms with Gasteiger partial charge in [0.2, 0.25) is 0 Å². The van der Waals surface area contributed by atoms with Gasteiger partial charge in [-0.15, -0.1) is 34.0 Å². The van der Waals surface area contributed by atoms with Crippen molar-refractivity contribution in [3.8, 4) is 21.1 Å². The maximum absolute atomic E-state index is 13.9. The third-order valence-corrected chi connectivity index (χ3v) is 10.1. The number of anilines is 1. The molecule has 4 heterocycles. The molecule has 1 N–H and O–H groups in total. The van der Waals surface area contributed by atoms with Gasteiger partial charge in [0.25, 0.3) is 5.91 Å². The molecule has 0 spiro atoms. The summed E-state index contributed by atoms with van der Waals surface area (Å²) < 4.78 is 1.17. The number of nitrogens with zero attached hydrogens (tertiary/aromatic N) is 2. The van der Waals surface area contributed by atoms with E-state index in [-0.39, 0.29) is 5.91 Å². The molecular formula is C30H23N3OS3. The lowest BCUT2D eigenvalue weighted by molar-refractivity contribution is 0.102. The number of fused-ring (bicyclic) bond motifs is 3. The Balaban J connectivity index is 1.35. The number of rotatable bonds is 4. The molecule has 1 amide bonds. The van der Waals surface area contributed by atoms with Crippen LogP contribution in [-0.4, -0.2) is 15.9 Å². The van der Waals surface area contributed by atoms with E-state index in [0.29, 0.717) is 11.5 Å². The first-order valence-corrected chi connectivity index (χ1v) is 14.9. The minimum Gasteiger partial charge on any atom is -0.313 e. The molecule has 1 atom stereocenters. The number of hydrogen-bond acceptors (Lipinski definition) is 6. The summed E-state index contributed by atoms with van der Waals surface area (Å²) in [6, 6.07) is 22.1. The van der Waals surface area contributed by atoms with Crippen LogP contribution in [-0.2, 0) is 12.8 Å². The number of thiazole rings is 1. The molecule has 182 valence electrons. The number of nitrogens with one attached hydrogen (secondary N) is 1. The quantitative estimate of drug-likeness (QED) is 0.245. The van der Waals surface area contributed by atoms with Crippen LogP contribution in [0.15, 0.2) is 72.1 Å². The average Bonchev–Trinajstić information content (AvgIpc) is 3.66. The Bertz CT molecular complexity index is 1750. The minimum absolute atomic E-state index is 0.106. The second kappa shape index (κ2) is 9.17. The first kappa shape index (κ1) is 22.8. The van der Waals surface area contributed by atoms with Crippen LogP contribution in [0.4, 0.5) is 5.00 Å². The van der Waals surface area contributed by atoms with Crippen molar-refractivity contribution >= 4 is 66.0 Å². The second-order valence-electron chi connectivity index (χ2n) is 9.55. The molecule has 0 aliphatic heterocycles. The van der Waals surface area contributed by atoms with Crippen molar-refractivity contribution in [1.29, 1.82) is 0 Å². The van der Waals surface area contributed by atoms with Gasteiger partial charge in [-0.25, -0.2) is 9.97 Å². The van der Waals surface area contributed by atoms with E-state index in [9.17, 15) is 4.79 Å². The van der Waals surface area contributed by atoms with Gasteiger partial charge in [0.1, 0.15) is 10.0 Å². The molecule has 0 radical (unpaired) electrons. The highest BCUT2D eigenvalue weighted by molar-refractivity contribution is 7.23. The third kappa shape index (κ3) is 4.07. The Kier molecular flexibility index (Phi) is 5.65. The summed E-state index contributed by atoms with van der Waals surface area (Å²) in [6.07, 6.45) is 3.23. The number of para-hydroxylation sites is 2. The normalized spacial score (nSPS) is 15.2. The van der Waals surface area contributed by atoms with E-state index in [1.807, 2.05) is 53.9 Å². The summed E-state index contributed by atoms with van der Waals surface area (Å²) in [5.41, 5.74) is 5.76. The van der Waals surface area contributed by atoms with Gasteiger partial charge in [-0.05, 0) is 66.5 Å². The van der Waals surface area contributed by atoms with Crippen LogP contribution in [0.5, 0.6) is 0 Å². The van der Waals surface area contributed by atoms with Gasteiger partial charge < -0.3 is 5.32 Å². The summed E-state index contributed by atoms with van der Waals surface area (Å²) in [4.78, 5) is 26.2. The first-order valence-electron chi connectivity index (χ1n) is 12.4. The molecular weight excluding hydrogens is 515 g/mol. The highest BCUT2D eigenvalue weighted by atomic mass is 32.1. The van der Waals surface area contributed by atoms with Crippen molar-refractivity contribution in [3.63, 3.8) is 0 Å². The van der Waals surface area contributed by atoms with Gasteiger partial charge in [0, 0.05) is 15.8 Å². The van der Waals surface area contributed by atoms with Crippen LogP contribution in [0.3, 0.4) is 0 Å². The van der Waals surface area contributed by atoms with Crippen LogP contribution in [0.2, 0.25) is 0 Å². The summed E-state index contributed by atoms with van der Waals surface area (Å²) in [5.74, 6) is 0.542. The van der Waals surface area contributed by atoms with E-state index >= 15 is 0 Å². The van der Waals surface area contributed by atoms with Crippen LogP contribution >= 0.6 is 34.0 Å². The highest BCUT2D eigenvalue weighted by Crippen LogP contribution is 2.47. The molecule has 0 fully saturated rings. The Morgan fingerprint density at radius 2 is 1.81 bits per heavy atom. The Labute approximate surface area is 226 Å². The number of thiophene rings is 2. The fourth-order valence-corrected chi connectivity index (χ4v) is 8.33. The van der Waals surface area contributed by atoms with Crippen LogP contribution in [0, 0.1) is 5.92 Å². The van der Waals surface area contributed by atoms with Crippen LogP contribution in [0.1, 0.15) is 34.1 Å². The number of aromatic nitrogens is 2. The molecule has 1 aliphatic carbocycles. The predicted molar refractivity (Wildman–Crippen MR) is 157 cm³/mol. The number of carbonyl (C=O) groups excluding carboxylic acids is 1. The molecule has 7 heteroatoms. The van der Waals surface area contributed by atoms with Crippen LogP contribution < -0.4 is 5.32 Å². The molecule has 6 aromatic rings. The zero-order valence-corrected chi connectivity index (χ0v) is 22.6. The molecule has 2 aromatic carbocycles. The largest absolute Gasteiger partial charge is 0.313 e. The number of carbonyl (C=O) groups is 1. The van der Waals surface area contributed by atoms with E-state index in [2.05, 4.69) is 30.4 Å². The number of amides is 1. The molecule has 0 bridgehead atoms. The van der Waals surface area contributed by atoms with Crippen LogP contribution in [0.25, 0.3) is 42.3 Å². The number of hydrogen-bond donors (Lipinski definition) is 1. The lowest BCUT2D eigenvalue weighted by Gasteiger charge is -2.18. The van der Waals surface area contributed by atoms with Gasteiger partial charge in [0.15, 0.2) is 0 Å². The molecule has 1 aliphatic rings. The molecule has 7 rings (SSSR count). The fourth-order valence-electron chi connectivity index (χ4n) is 5.13. The molecule has 4 aromatic heterocycles.